The first-order chi connectivity index (χ1) is 14.0. The molecule has 0 spiro atoms. The van der Waals surface area contributed by atoms with Crippen molar-refractivity contribution in [2.45, 2.75) is 0 Å². The van der Waals surface area contributed by atoms with Crippen LogP contribution in [0.15, 0.2) is 52.4 Å². The monoisotopic (exact) mass is 414 g/mol. The lowest BCUT2D eigenvalue weighted by molar-refractivity contribution is -0.115. The maximum atomic E-state index is 12.2. The Morgan fingerprint density at radius 3 is 2.62 bits per heavy atom. The van der Waals surface area contributed by atoms with Gasteiger partial charge >= 0.3 is 5.97 Å². The smallest absolute Gasteiger partial charge is 0.335 e. The highest BCUT2D eigenvalue weighted by Gasteiger charge is 2.24. The average molecular weight is 414 g/mol. The average Bonchev–Trinajstić information content (AvgIpc) is 3.05. The molecular formula is C20H18N2O6S. The number of nitrogens with one attached hydrogen (secondary N) is 1. The molecule has 0 bridgehead atoms. The standard InChI is InChI=1S/C20H18N2O6S/c1-27-16-10-12(2-7-15(16)28-9-8-23)11-17-18(24)22-20(29-17)21-14-5-3-13(4-6-14)19(25)26/h2-7,10-11,23H,8-9H2,1H3,(H,25,26)(H,21,22,24)/b17-11-. The van der Waals surface area contributed by atoms with Gasteiger partial charge in [-0.1, -0.05) is 6.07 Å². The number of thioether (sulfide) groups is 1. The second-order valence-electron chi connectivity index (χ2n) is 5.82. The molecule has 0 unspecified atom stereocenters. The Morgan fingerprint density at radius 1 is 1.21 bits per heavy atom. The van der Waals surface area contributed by atoms with Crippen LogP contribution in [-0.4, -0.2) is 47.6 Å². The predicted molar refractivity (Wildman–Crippen MR) is 110 cm³/mol. The zero-order chi connectivity index (χ0) is 20.8. The predicted octanol–water partition coefficient (Wildman–Crippen LogP) is 2.66. The van der Waals surface area contributed by atoms with E-state index in [9.17, 15) is 9.59 Å². The first kappa shape index (κ1) is 20.4. The molecule has 29 heavy (non-hydrogen) atoms. The van der Waals surface area contributed by atoms with Crippen molar-refractivity contribution < 1.29 is 29.3 Å². The number of carboxylic acids is 1. The van der Waals surface area contributed by atoms with E-state index >= 15 is 0 Å². The molecule has 0 aromatic heterocycles. The summed E-state index contributed by atoms with van der Waals surface area (Å²) in [6, 6.07) is 11.3. The maximum Gasteiger partial charge on any atom is 0.335 e. The highest BCUT2D eigenvalue weighted by Crippen LogP contribution is 2.32. The van der Waals surface area contributed by atoms with Crippen LogP contribution >= 0.6 is 11.8 Å². The molecule has 2 aromatic carbocycles. The molecule has 1 amide bonds. The molecule has 0 saturated carbocycles. The van der Waals surface area contributed by atoms with Gasteiger partial charge in [0, 0.05) is 0 Å². The highest BCUT2D eigenvalue weighted by molar-refractivity contribution is 8.18. The number of nitrogens with zero attached hydrogens (tertiary/aromatic N) is 1. The minimum atomic E-state index is -1.01. The Morgan fingerprint density at radius 2 is 1.97 bits per heavy atom. The Labute approximate surface area is 170 Å². The largest absolute Gasteiger partial charge is 0.493 e. The third-order valence-corrected chi connectivity index (χ3v) is 4.74. The lowest BCUT2D eigenvalue weighted by Crippen LogP contribution is -2.19. The van der Waals surface area contributed by atoms with Crippen LogP contribution in [0.5, 0.6) is 11.5 Å². The van der Waals surface area contributed by atoms with Crippen molar-refractivity contribution in [2.75, 3.05) is 20.3 Å². The second-order valence-corrected chi connectivity index (χ2v) is 6.85. The SMILES string of the molecule is COc1cc(/C=C2\SC(=Nc3ccc(C(=O)O)cc3)NC2=O)ccc1OCCO. The number of amidine groups is 1. The molecule has 0 aliphatic carbocycles. The van der Waals surface area contributed by atoms with Crippen LogP contribution in [0.25, 0.3) is 6.08 Å². The van der Waals surface area contributed by atoms with Crippen molar-refractivity contribution >= 4 is 40.6 Å². The van der Waals surface area contributed by atoms with E-state index in [0.29, 0.717) is 27.3 Å². The van der Waals surface area contributed by atoms with Gasteiger partial charge in [-0.2, -0.15) is 0 Å². The van der Waals surface area contributed by atoms with Gasteiger partial charge in [0.2, 0.25) is 0 Å². The fourth-order valence-electron chi connectivity index (χ4n) is 2.48. The number of aliphatic imine (C=N–C) groups is 1. The van der Waals surface area contributed by atoms with E-state index in [1.54, 1.807) is 36.4 Å². The molecule has 8 nitrogen and oxygen atoms in total. The zero-order valence-corrected chi connectivity index (χ0v) is 16.2. The summed E-state index contributed by atoms with van der Waals surface area (Å²) in [6.07, 6.45) is 1.70. The first-order valence-corrected chi connectivity index (χ1v) is 9.36. The number of benzene rings is 2. The molecule has 1 aliphatic heterocycles. The normalized spacial score (nSPS) is 16.1. The van der Waals surface area contributed by atoms with Crippen molar-refractivity contribution in [1.82, 2.24) is 5.32 Å². The van der Waals surface area contributed by atoms with Crippen molar-refractivity contribution in [2.24, 2.45) is 4.99 Å². The Hall–Kier alpha value is -3.30. The minimum absolute atomic E-state index is 0.104. The number of methoxy groups -OCH3 is 1. The van der Waals surface area contributed by atoms with Gasteiger partial charge in [-0.15, -0.1) is 0 Å². The molecule has 2 aromatic rings. The molecule has 9 heteroatoms. The summed E-state index contributed by atoms with van der Waals surface area (Å²) < 4.78 is 10.7. The minimum Gasteiger partial charge on any atom is -0.493 e. The number of aliphatic hydroxyl groups excluding tert-OH is 1. The molecular weight excluding hydrogens is 396 g/mol. The van der Waals surface area contributed by atoms with Gasteiger partial charge in [-0.05, 0) is 59.8 Å². The van der Waals surface area contributed by atoms with E-state index in [1.165, 1.54) is 31.0 Å². The van der Waals surface area contributed by atoms with Crippen LogP contribution in [0.4, 0.5) is 5.69 Å². The summed E-state index contributed by atoms with van der Waals surface area (Å²) in [4.78, 5) is 27.9. The third kappa shape index (κ3) is 5.15. The summed E-state index contributed by atoms with van der Waals surface area (Å²) in [5, 5.41) is 20.9. The van der Waals surface area contributed by atoms with Gasteiger partial charge in [-0.3, -0.25) is 4.79 Å². The summed E-state index contributed by atoms with van der Waals surface area (Å²) in [5.74, 6) is -0.306. The number of carboxylic acid groups (broad SMARTS) is 1. The number of rotatable bonds is 7. The maximum absolute atomic E-state index is 12.2. The number of amides is 1. The first-order valence-electron chi connectivity index (χ1n) is 8.55. The van der Waals surface area contributed by atoms with Crippen molar-refractivity contribution in [3.8, 4) is 11.5 Å². The van der Waals surface area contributed by atoms with Crippen molar-refractivity contribution in [3.05, 3.63) is 58.5 Å². The number of ether oxygens (including phenoxy) is 2. The van der Waals surface area contributed by atoms with E-state index in [1.807, 2.05) is 0 Å². The van der Waals surface area contributed by atoms with E-state index in [0.717, 1.165) is 5.56 Å². The molecule has 0 radical (unpaired) electrons. The summed E-state index contributed by atoms with van der Waals surface area (Å²) in [7, 11) is 1.51. The number of carbonyl (C=O) groups excluding carboxylic acids is 1. The Balaban J connectivity index is 1.77. The topological polar surface area (TPSA) is 117 Å². The number of aliphatic hydroxyl groups is 1. The number of aromatic carboxylic acids is 1. The van der Waals surface area contributed by atoms with Gasteiger partial charge in [-0.25, -0.2) is 9.79 Å². The van der Waals surface area contributed by atoms with Crippen LogP contribution in [0.3, 0.4) is 0 Å². The second kappa shape index (κ2) is 9.26. The lowest BCUT2D eigenvalue weighted by Gasteiger charge is -2.10. The highest BCUT2D eigenvalue weighted by atomic mass is 32.2. The zero-order valence-electron chi connectivity index (χ0n) is 15.4. The van der Waals surface area contributed by atoms with Crippen LogP contribution in [-0.2, 0) is 4.79 Å². The fourth-order valence-corrected chi connectivity index (χ4v) is 3.32. The number of hydrogen-bond donors (Lipinski definition) is 3. The Bertz CT molecular complexity index is 985. The lowest BCUT2D eigenvalue weighted by atomic mass is 10.2. The molecule has 1 aliphatic rings. The Kier molecular flexibility index (Phi) is 6.53. The van der Waals surface area contributed by atoms with Gasteiger partial charge < -0.3 is 25.0 Å². The molecule has 1 heterocycles. The van der Waals surface area contributed by atoms with Crippen LogP contribution in [0.1, 0.15) is 15.9 Å². The fraction of sp³-hybridized carbons (Fsp3) is 0.150. The van der Waals surface area contributed by atoms with E-state index in [2.05, 4.69) is 10.3 Å². The third-order valence-electron chi connectivity index (χ3n) is 3.83. The number of hydrogen-bond acceptors (Lipinski definition) is 7. The van der Waals surface area contributed by atoms with Gasteiger partial charge in [0.25, 0.3) is 5.91 Å². The summed E-state index contributed by atoms with van der Waals surface area (Å²) in [5.41, 5.74) is 1.44. The van der Waals surface area contributed by atoms with Crippen LogP contribution in [0, 0.1) is 0 Å². The van der Waals surface area contributed by atoms with Crippen molar-refractivity contribution in [1.29, 1.82) is 0 Å². The number of carbonyl (C=O) groups is 2. The summed E-state index contributed by atoms with van der Waals surface area (Å²) >= 11 is 1.18. The van der Waals surface area contributed by atoms with Crippen LogP contribution in [0.2, 0.25) is 0 Å². The molecule has 0 atom stereocenters. The molecule has 1 saturated heterocycles. The van der Waals surface area contributed by atoms with Crippen LogP contribution < -0.4 is 14.8 Å². The van der Waals surface area contributed by atoms with Gasteiger partial charge in [0.1, 0.15) is 6.61 Å². The molecule has 1 fully saturated rings. The van der Waals surface area contributed by atoms with Gasteiger partial charge in [0.05, 0.1) is 29.9 Å². The van der Waals surface area contributed by atoms with E-state index in [-0.39, 0.29) is 24.7 Å². The molecule has 150 valence electrons. The van der Waals surface area contributed by atoms with E-state index < -0.39 is 5.97 Å². The van der Waals surface area contributed by atoms with Gasteiger partial charge in [0.15, 0.2) is 16.7 Å². The van der Waals surface area contributed by atoms with Crippen molar-refractivity contribution in [3.63, 3.8) is 0 Å². The summed E-state index contributed by atoms with van der Waals surface area (Å²) in [6.45, 7) is 0.0508. The molecule has 3 rings (SSSR count). The molecule has 3 N–H and O–H groups in total. The quantitative estimate of drug-likeness (QED) is 0.596. The van der Waals surface area contributed by atoms with E-state index in [4.69, 9.17) is 19.7 Å².